The molecule has 1 heterocycles. The average molecular weight is 343 g/mol. The van der Waals surface area contributed by atoms with Gasteiger partial charge < -0.3 is 14.6 Å². The highest BCUT2D eigenvalue weighted by Crippen LogP contribution is 2.18. The number of esters is 1. The van der Waals surface area contributed by atoms with Crippen molar-refractivity contribution in [1.82, 2.24) is 14.9 Å². The summed E-state index contributed by atoms with van der Waals surface area (Å²) in [5.74, 6) is 0.500. The summed E-state index contributed by atoms with van der Waals surface area (Å²) < 4.78 is 7.01. The van der Waals surface area contributed by atoms with Gasteiger partial charge in [-0.1, -0.05) is 25.1 Å². The van der Waals surface area contributed by atoms with Crippen LogP contribution in [0.3, 0.4) is 0 Å². The van der Waals surface area contributed by atoms with Gasteiger partial charge in [-0.2, -0.15) is 0 Å². The van der Waals surface area contributed by atoms with Crippen LogP contribution in [-0.4, -0.2) is 34.6 Å². The molecule has 0 aliphatic rings. The zero-order chi connectivity index (χ0) is 18.1. The maximum Gasteiger partial charge on any atom is 0.326 e. The van der Waals surface area contributed by atoms with E-state index in [2.05, 4.69) is 16.9 Å². The van der Waals surface area contributed by atoms with E-state index in [1.807, 2.05) is 28.8 Å². The number of benzene rings is 1. The first kappa shape index (κ1) is 18.7. The molecule has 0 unspecified atom stereocenters. The molecule has 0 aliphatic carbocycles. The first-order chi connectivity index (χ1) is 12.2. The van der Waals surface area contributed by atoms with E-state index in [1.165, 1.54) is 6.08 Å². The Bertz CT molecular complexity index is 737. The lowest BCUT2D eigenvalue weighted by Gasteiger charge is -2.09. The number of fused-ring (bicyclic) bond motifs is 1. The van der Waals surface area contributed by atoms with E-state index < -0.39 is 0 Å². The predicted octanol–water partition coefficient (Wildman–Crippen LogP) is 2.61. The lowest BCUT2D eigenvalue weighted by atomic mass is 10.2. The number of nitrogens with one attached hydrogen (secondary N) is 1. The standard InChI is InChI=1S/C19H25N3O3/c1-3-18(23)20-13-9-5-6-12-17-21-15-10-7-8-11-16(15)22(17)14-19(24)25-4-2/h3,7-8,10-11H,1,4-6,9,12-14H2,2H3,(H,20,23). The summed E-state index contributed by atoms with van der Waals surface area (Å²) in [7, 11) is 0. The summed E-state index contributed by atoms with van der Waals surface area (Å²) in [5.41, 5.74) is 1.84. The topological polar surface area (TPSA) is 73.2 Å². The van der Waals surface area contributed by atoms with Crippen LogP contribution in [0.4, 0.5) is 0 Å². The zero-order valence-corrected chi connectivity index (χ0v) is 14.7. The SMILES string of the molecule is C=CC(=O)NCCCCCc1nc2ccccc2n1CC(=O)OCC. The van der Waals surface area contributed by atoms with Crippen LogP contribution < -0.4 is 5.32 Å². The third kappa shape index (κ3) is 5.45. The first-order valence-electron chi connectivity index (χ1n) is 8.65. The number of nitrogens with zero attached hydrogens (tertiary/aromatic N) is 2. The third-order valence-corrected chi connectivity index (χ3v) is 3.89. The lowest BCUT2D eigenvalue weighted by Crippen LogP contribution is -2.21. The largest absolute Gasteiger partial charge is 0.465 e. The molecule has 6 nitrogen and oxygen atoms in total. The summed E-state index contributed by atoms with van der Waals surface area (Å²) in [6.07, 6.45) is 4.87. The summed E-state index contributed by atoms with van der Waals surface area (Å²) in [6, 6.07) is 7.80. The second-order valence-electron chi connectivity index (χ2n) is 5.71. The molecular formula is C19H25N3O3. The highest BCUT2D eigenvalue weighted by atomic mass is 16.5. The van der Waals surface area contributed by atoms with Gasteiger partial charge in [0.15, 0.2) is 0 Å². The van der Waals surface area contributed by atoms with E-state index in [0.29, 0.717) is 13.2 Å². The molecule has 134 valence electrons. The van der Waals surface area contributed by atoms with Gasteiger partial charge in [0.05, 0.1) is 17.6 Å². The van der Waals surface area contributed by atoms with Crippen molar-refractivity contribution in [2.75, 3.05) is 13.2 Å². The van der Waals surface area contributed by atoms with E-state index >= 15 is 0 Å². The number of hydrogen-bond acceptors (Lipinski definition) is 4. The van der Waals surface area contributed by atoms with Gasteiger partial charge in [0, 0.05) is 13.0 Å². The van der Waals surface area contributed by atoms with Crippen LogP contribution in [0.15, 0.2) is 36.9 Å². The number of para-hydroxylation sites is 2. The van der Waals surface area contributed by atoms with Crippen LogP contribution in [0.5, 0.6) is 0 Å². The highest BCUT2D eigenvalue weighted by Gasteiger charge is 2.13. The maximum atomic E-state index is 11.9. The summed E-state index contributed by atoms with van der Waals surface area (Å²) in [4.78, 5) is 27.6. The number of unbranched alkanes of at least 4 members (excludes halogenated alkanes) is 2. The lowest BCUT2D eigenvalue weighted by molar-refractivity contribution is -0.143. The van der Waals surface area contributed by atoms with Gasteiger partial charge in [0.1, 0.15) is 12.4 Å². The molecule has 0 atom stereocenters. The number of rotatable bonds is 10. The second kappa shape index (κ2) is 9.61. The maximum absolute atomic E-state index is 11.9. The molecule has 0 fully saturated rings. The summed E-state index contributed by atoms with van der Waals surface area (Å²) in [5, 5.41) is 2.77. The van der Waals surface area contributed by atoms with Crippen molar-refractivity contribution in [3.63, 3.8) is 0 Å². The molecule has 0 spiro atoms. The molecule has 25 heavy (non-hydrogen) atoms. The Morgan fingerprint density at radius 2 is 2.08 bits per heavy atom. The number of aryl methyl sites for hydroxylation is 1. The van der Waals surface area contributed by atoms with Crippen molar-refractivity contribution < 1.29 is 14.3 Å². The average Bonchev–Trinajstić information content (AvgIpc) is 2.95. The molecule has 1 amide bonds. The molecule has 0 radical (unpaired) electrons. The van der Waals surface area contributed by atoms with Crippen LogP contribution in [0, 0.1) is 0 Å². The van der Waals surface area contributed by atoms with Gasteiger partial charge in [-0.3, -0.25) is 9.59 Å². The van der Waals surface area contributed by atoms with E-state index in [1.54, 1.807) is 6.92 Å². The van der Waals surface area contributed by atoms with Gasteiger partial charge in [0.2, 0.25) is 5.91 Å². The summed E-state index contributed by atoms with van der Waals surface area (Å²) in [6.45, 7) is 6.42. The normalized spacial score (nSPS) is 10.6. The molecule has 0 saturated carbocycles. The highest BCUT2D eigenvalue weighted by molar-refractivity contribution is 5.86. The van der Waals surface area contributed by atoms with E-state index in [-0.39, 0.29) is 18.4 Å². The Kier molecular flexibility index (Phi) is 7.19. The van der Waals surface area contributed by atoms with Crippen LogP contribution >= 0.6 is 0 Å². The van der Waals surface area contributed by atoms with Crippen LogP contribution in [0.2, 0.25) is 0 Å². The Labute approximate surface area is 147 Å². The Hall–Kier alpha value is -2.63. The van der Waals surface area contributed by atoms with Crippen molar-refractivity contribution in [2.45, 2.75) is 39.2 Å². The molecule has 2 rings (SSSR count). The van der Waals surface area contributed by atoms with E-state index in [0.717, 1.165) is 42.5 Å². The van der Waals surface area contributed by atoms with Gasteiger partial charge in [0.25, 0.3) is 0 Å². The number of carbonyl (C=O) groups is 2. The molecule has 0 aliphatic heterocycles. The monoisotopic (exact) mass is 343 g/mol. The fourth-order valence-electron chi connectivity index (χ4n) is 2.70. The molecule has 1 aromatic carbocycles. The minimum atomic E-state index is -0.251. The first-order valence-corrected chi connectivity index (χ1v) is 8.65. The second-order valence-corrected chi connectivity index (χ2v) is 5.71. The number of imidazole rings is 1. The number of aromatic nitrogens is 2. The van der Waals surface area contributed by atoms with E-state index in [9.17, 15) is 9.59 Å². The number of hydrogen-bond donors (Lipinski definition) is 1. The molecule has 0 bridgehead atoms. The van der Waals surface area contributed by atoms with Crippen molar-refractivity contribution in [1.29, 1.82) is 0 Å². The van der Waals surface area contributed by atoms with Crippen LogP contribution in [0.1, 0.15) is 32.0 Å². The molecule has 0 saturated heterocycles. The van der Waals surface area contributed by atoms with Crippen molar-refractivity contribution in [2.24, 2.45) is 0 Å². The molecule has 6 heteroatoms. The predicted molar refractivity (Wildman–Crippen MR) is 97.1 cm³/mol. The van der Waals surface area contributed by atoms with Crippen molar-refractivity contribution in [3.8, 4) is 0 Å². The number of ether oxygens (including phenoxy) is 1. The Morgan fingerprint density at radius 1 is 1.28 bits per heavy atom. The smallest absolute Gasteiger partial charge is 0.326 e. The van der Waals surface area contributed by atoms with Crippen molar-refractivity contribution in [3.05, 3.63) is 42.7 Å². The Balaban J connectivity index is 1.96. The third-order valence-electron chi connectivity index (χ3n) is 3.89. The molecular weight excluding hydrogens is 318 g/mol. The van der Waals surface area contributed by atoms with Gasteiger partial charge in [-0.15, -0.1) is 0 Å². The van der Waals surface area contributed by atoms with Crippen LogP contribution in [-0.2, 0) is 27.3 Å². The fraction of sp³-hybridized carbons (Fsp3) is 0.421. The fourth-order valence-corrected chi connectivity index (χ4v) is 2.70. The van der Waals surface area contributed by atoms with Gasteiger partial charge in [-0.05, 0) is 38.0 Å². The quantitative estimate of drug-likeness (QED) is 0.409. The minimum absolute atomic E-state index is 0.142. The molecule has 2 aromatic rings. The number of amides is 1. The van der Waals surface area contributed by atoms with Gasteiger partial charge in [-0.25, -0.2) is 4.98 Å². The van der Waals surface area contributed by atoms with Gasteiger partial charge >= 0.3 is 5.97 Å². The zero-order valence-electron chi connectivity index (χ0n) is 14.7. The van der Waals surface area contributed by atoms with Crippen LogP contribution in [0.25, 0.3) is 11.0 Å². The number of carbonyl (C=O) groups excluding carboxylic acids is 2. The van der Waals surface area contributed by atoms with E-state index in [4.69, 9.17) is 4.74 Å². The summed E-state index contributed by atoms with van der Waals surface area (Å²) >= 11 is 0. The molecule has 1 N–H and O–H groups in total. The Morgan fingerprint density at radius 3 is 2.84 bits per heavy atom. The minimum Gasteiger partial charge on any atom is -0.465 e. The van der Waals surface area contributed by atoms with Crippen molar-refractivity contribution >= 4 is 22.9 Å². The molecule has 1 aromatic heterocycles.